The first kappa shape index (κ1) is 9.14. The van der Waals surface area contributed by atoms with Crippen molar-refractivity contribution < 1.29 is 14.3 Å². The predicted molar refractivity (Wildman–Crippen MR) is 47.5 cm³/mol. The van der Waals surface area contributed by atoms with Crippen molar-refractivity contribution in [3.8, 4) is 23.8 Å². The molecular weight excluding hydrogens is 168 g/mol. The summed E-state index contributed by atoms with van der Waals surface area (Å²) in [5, 5.41) is 0. The minimum Gasteiger partial charge on any atom is -0.497 e. The summed E-state index contributed by atoms with van der Waals surface area (Å²) in [5.74, 6) is 2.25. The third-order valence-electron chi connectivity index (χ3n) is 1.39. The van der Waals surface area contributed by atoms with Crippen molar-refractivity contribution in [2.75, 3.05) is 7.11 Å². The molecule has 0 aromatic heterocycles. The molecule has 0 unspecified atom stereocenters. The van der Waals surface area contributed by atoms with Gasteiger partial charge in [-0.1, -0.05) is 0 Å². The zero-order chi connectivity index (χ0) is 9.68. The van der Waals surface area contributed by atoms with Crippen LogP contribution in [-0.4, -0.2) is 13.1 Å². The number of carbonyl (C=O) groups excluding carboxylic acids is 1. The maximum atomic E-state index is 10.6. The standard InChI is InChI=1S/C10H8O3/c1-3-10(11)13-9-6-4-8(12-2)5-7-9/h1,4-7H,2H3. The summed E-state index contributed by atoms with van der Waals surface area (Å²) in [6.45, 7) is 0. The van der Waals surface area contributed by atoms with Crippen molar-refractivity contribution in [3.05, 3.63) is 24.3 Å². The molecule has 0 saturated carbocycles. The zero-order valence-corrected chi connectivity index (χ0v) is 7.11. The minimum atomic E-state index is -0.704. The summed E-state index contributed by atoms with van der Waals surface area (Å²) in [6, 6.07) is 6.57. The van der Waals surface area contributed by atoms with E-state index in [1.54, 1.807) is 31.4 Å². The van der Waals surface area contributed by atoms with Gasteiger partial charge >= 0.3 is 5.97 Å². The molecule has 0 aliphatic rings. The average Bonchev–Trinajstić information content (AvgIpc) is 2.19. The zero-order valence-electron chi connectivity index (χ0n) is 7.11. The van der Waals surface area contributed by atoms with Gasteiger partial charge in [0, 0.05) is 5.92 Å². The topological polar surface area (TPSA) is 35.5 Å². The second-order valence-electron chi connectivity index (χ2n) is 2.21. The molecule has 0 atom stereocenters. The fourth-order valence-corrected chi connectivity index (χ4v) is 0.780. The van der Waals surface area contributed by atoms with Gasteiger partial charge in [-0.05, 0) is 24.3 Å². The number of methoxy groups -OCH3 is 1. The number of esters is 1. The first-order chi connectivity index (χ1) is 6.26. The van der Waals surface area contributed by atoms with Crippen LogP contribution in [0.15, 0.2) is 24.3 Å². The molecule has 0 N–H and O–H groups in total. The Balaban J connectivity index is 2.71. The lowest BCUT2D eigenvalue weighted by atomic mass is 10.3. The maximum Gasteiger partial charge on any atom is 0.389 e. The Morgan fingerprint density at radius 1 is 1.31 bits per heavy atom. The maximum absolute atomic E-state index is 10.6. The largest absolute Gasteiger partial charge is 0.497 e. The van der Waals surface area contributed by atoms with E-state index < -0.39 is 5.97 Å². The molecule has 1 aromatic carbocycles. The van der Waals surface area contributed by atoms with Crippen LogP contribution in [0, 0.1) is 12.3 Å². The second-order valence-corrected chi connectivity index (χ2v) is 2.21. The van der Waals surface area contributed by atoms with E-state index in [4.69, 9.17) is 15.9 Å². The molecule has 1 aromatic rings. The van der Waals surface area contributed by atoms with E-state index in [0.717, 1.165) is 0 Å². The van der Waals surface area contributed by atoms with Gasteiger partial charge < -0.3 is 9.47 Å². The van der Waals surface area contributed by atoms with Crippen molar-refractivity contribution in [1.82, 2.24) is 0 Å². The Kier molecular flexibility index (Phi) is 2.93. The summed E-state index contributed by atoms with van der Waals surface area (Å²) in [4.78, 5) is 10.6. The molecule has 13 heavy (non-hydrogen) atoms. The molecule has 66 valence electrons. The highest BCUT2D eigenvalue weighted by Crippen LogP contribution is 2.16. The van der Waals surface area contributed by atoms with Gasteiger partial charge in [0.05, 0.1) is 7.11 Å². The number of ether oxygens (including phenoxy) is 2. The first-order valence-corrected chi connectivity index (χ1v) is 3.58. The van der Waals surface area contributed by atoms with Gasteiger partial charge in [-0.3, -0.25) is 0 Å². The lowest BCUT2D eigenvalue weighted by molar-refractivity contribution is -0.128. The highest BCUT2D eigenvalue weighted by molar-refractivity contribution is 5.89. The summed E-state index contributed by atoms with van der Waals surface area (Å²) >= 11 is 0. The molecule has 0 saturated heterocycles. The van der Waals surface area contributed by atoms with Gasteiger partial charge in [0.15, 0.2) is 0 Å². The minimum absolute atomic E-state index is 0.406. The van der Waals surface area contributed by atoms with E-state index in [1.807, 2.05) is 5.92 Å². The number of hydrogen-bond acceptors (Lipinski definition) is 3. The van der Waals surface area contributed by atoms with E-state index in [2.05, 4.69) is 0 Å². The van der Waals surface area contributed by atoms with Gasteiger partial charge in [0.2, 0.25) is 0 Å². The van der Waals surface area contributed by atoms with Crippen LogP contribution in [0.2, 0.25) is 0 Å². The molecule has 0 spiro atoms. The van der Waals surface area contributed by atoms with Gasteiger partial charge in [0.1, 0.15) is 11.5 Å². The van der Waals surface area contributed by atoms with Crippen molar-refractivity contribution in [2.45, 2.75) is 0 Å². The number of hydrogen-bond donors (Lipinski definition) is 0. The second kappa shape index (κ2) is 4.17. The Labute approximate surface area is 76.3 Å². The third kappa shape index (κ3) is 2.53. The Bertz CT molecular complexity index is 332. The van der Waals surface area contributed by atoms with Crippen LogP contribution >= 0.6 is 0 Å². The lowest BCUT2D eigenvalue weighted by Gasteiger charge is -2.01. The normalized spacial score (nSPS) is 8.62. The van der Waals surface area contributed by atoms with E-state index in [0.29, 0.717) is 11.5 Å². The van der Waals surface area contributed by atoms with Crippen molar-refractivity contribution in [2.24, 2.45) is 0 Å². The lowest BCUT2D eigenvalue weighted by Crippen LogP contribution is -2.03. The quantitative estimate of drug-likeness (QED) is 0.294. The highest BCUT2D eigenvalue weighted by atomic mass is 16.5. The highest BCUT2D eigenvalue weighted by Gasteiger charge is 1.99. The Hall–Kier alpha value is -1.95. The Morgan fingerprint density at radius 3 is 2.31 bits per heavy atom. The fourth-order valence-electron chi connectivity index (χ4n) is 0.780. The number of benzene rings is 1. The number of terminal acetylenes is 1. The number of carbonyl (C=O) groups is 1. The van der Waals surface area contributed by atoms with Crippen LogP contribution in [-0.2, 0) is 4.79 Å². The predicted octanol–water partition coefficient (Wildman–Crippen LogP) is 1.23. The molecular formula is C10H8O3. The molecule has 3 heteroatoms. The molecule has 0 heterocycles. The molecule has 0 radical (unpaired) electrons. The third-order valence-corrected chi connectivity index (χ3v) is 1.39. The monoisotopic (exact) mass is 176 g/mol. The van der Waals surface area contributed by atoms with Crippen LogP contribution in [0.4, 0.5) is 0 Å². The van der Waals surface area contributed by atoms with Crippen LogP contribution in [0.25, 0.3) is 0 Å². The summed E-state index contributed by atoms with van der Waals surface area (Å²) in [7, 11) is 1.56. The van der Waals surface area contributed by atoms with E-state index >= 15 is 0 Å². The van der Waals surface area contributed by atoms with Crippen LogP contribution in [0.3, 0.4) is 0 Å². The van der Waals surface area contributed by atoms with Crippen molar-refractivity contribution in [3.63, 3.8) is 0 Å². The van der Waals surface area contributed by atoms with Crippen molar-refractivity contribution in [1.29, 1.82) is 0 Å². The van der Waals surface area contributed by atoms with Gasteiger partial charge in [-0.2, -0.15) is 0 Å². The van der Waals surface area contributed by atoms with Crippen LogP contribution in [0.1, 0.15) is 0 Å². The van der Waals surface area contributed by atoms with Gasteiger partial charge in [-0.25, -0.2) is 4.79 Å². The van der Waals surface area contributed by atoms with Crippen LogP contribution in [0.5, 0.6) is 11.5 Å². The van der Waals surface area contributed by atoms with Gasteiger partial charge in [0.25, 0.3) is 0 Å². The first-order valence-electron chi connectivity index (χ1n) is 3.58. The molecule has 0 aliphatic heterocycles. The molecule has 0 amide bonds. The summed E-state index contributed by atoms with van der Waals surface area (Å²) in [5.41, 5.74) is 0. The fraction of sp³-hybridized carbons (Fsp3) is 0.100. The number of rotatable bonds is 2. The Morgan fingerprint density at radius 2 is 1.85 bits per heavy atom. The average molecular weight is 176 g/mol. The molecule has 0 bridgehead atoms. The van der Waals surface area contributed by atoms with Crippen LogP contribution < -0.4 is 9.47 Å². The SMILES string of the molecule is C#CC(=O)Oc1ccc(OC)cc1. The summed E-state index contributed by atoms with van der Waals surface area (Å²) in [6.07, 6.45) is 4.83. The van der Waals surface area contributed by atoms with E-state index in [9.17, 15) is 4.79 Å². The molecule has 0 aliphatic carbocycles. The smallest absolute Gasteiger partial charge is 0.389 e. The van der Waals surface area contributed by atoms with Gasteiger partial charge in [-0.15, -0.1) is 6.42 Å². The van der Waals surface area contributed by atoms with Crippen molar-refractivity contribution >= 4 is 5.97 Å². The van der Waals surface area contributed by atoms with E-state index in [-0.39, 0.29) is 0 Å². The summed E-state index contributed by atoms with van der Waals surface area (Å²) < 4.78 is 9.65. The van der Waals surface area contributed by atoms with E-state index in [1.165, 1.54) is 0 Å². The molecule has 0 fully saturated rings. The molecule has 1 rings (SSSR count). The molecule has 3 nitrogen and oxygen atoms in total.